The molecule has 102 valence electrons. The van der Waals surface area contributed by atoms with E-state index in [2.05, 4.69) is 28.8 Å². The van der Waals surface area contributed by atoms with Gasteiger partial charge in [-0.25, -0.2) is 0 Å². The fourth-order valence-corrected chi connectivity index (χ4v) is 1.92. The van der Waals surface area contributed by atoms with Crippen molar-refractivity contribution in [3.05, 3.63) is 24.2 Å². The molecule has 1 aromatic rings. The maximum Gasteiger partial charge on any atom is 0.191 e. The van der Waals surface area contributed by atoms with E-state index in [1.165, 1.54) is 0 Å². The van der Waals surface area contributed by atoms with E-state index in [9.17, 15) is 0 Å². The topological polar surface area (TPSA) is 49.6 Å². The Morgan fingerprint density at radius 3 is 3.00 bits per heavy atom. The van der Waals surface area contributed by atoms with Crippen molar-refractivity contribution < 1.29 is 4.42 Å². The number of aliphatic imine (C=N–C) groups is 1. The smallest absolute Gasteiger partial charge is 0.191 e. The molecular formula is C13H23N3OS. The summed E-state index contributed by atoms with van der Waals surface area (Å²) in [6, 6.07) is 3.90. The van der Waals surface area contributed by atoms with Gasteiger partial charge in [-0.2, -0.15) is 11.8 Å². The number of guanidine groups is 1. The largest absolute Gasteiger partial charge is 0.469 e. The lowest BCUT2D eigenvalue weighted by molar-refractivity contribution is 0.507. The summed E-state index contributed by atoms with van der Waals surface area (Å²) in [7, 11) is 0. The first-order valence-electron chi connectivity index (χ1n) is 6.40. The maximum absolute atomic E-state index is 5.29. The van der Waals surface area contributed by atoms with Crippen LogP contribution in [0.3, 0.4) is 0 Å². The molecule has 0 aliphatic rings. The molecule has 4 nitrogen and oxygen atoms in total. The zero-order valence-corrected chi connectivity index (χ0v) is 12.1. The Morgan fingerprint density at radius 1 is 1.44 bits per heavy atom. The second-order valence-corrected chi connectivity index (χ2v) is 4.85. The van der Waals surface area contributed by atoms with Gasteiger partial charge >= 0.3 is 0 Å². The van der Waals surface area contributed by atoms with Gasteiger partial charge in [-0.3, -0.25) is 4.99 Å². The minimum atomic E-state index is 0.835. The molecule has 0 saturated carbocycles. The summed E-state index contributed by atoms with van der Waals surface area (Å²) in [5, 5.41) is 6.55. The molecule has 0 atom stereocenters. The minimum Gasteiger partial charge on any atom is -0.469 e. The van der Waals surface area contributed by atoms with Crippen LogP contribution in [-0.2, 0) is 6.42 Å². The molecular weight excluding hydrogens is 246 g/mol. The van der Waals surface area contributed by atoms with Gasteiger partial charge in [-0.15, -0.1) is 0 Å². The molecule has 1 heterocycles. The number of nitrogens with one attached hydrogen (secondary N) is 2. The molecule has 0 bridgehead atoms. The number of rotatable bonds is 8. The molecule has 1 rings (SSSR count). The fourth-order valence-electron chi connectivity index (χ4n) is 1.50. The Kier molecular flexibility index (Phi) is 8.21. The highest BCUT2D eigenvalue weighted by Crippen LogP contribution is 1.99. The van der Waals surface area contributed by atoms with Crippen LogP contribution in [-0.4, -0.2) is 37.6 Å². The quantitative estimate of drug-likeness (QED) is 0.431. The van der Waals surface area contributed by atoms with Gasteiger partial charge < -0.3 is 15.1 Å². The van der Waals surface area contributed by atoms with Crippen molar-refractivity contribution in [1.82, 2.24) is 10.6 Å². The maximum atomic E-state index is 5.29. The zero-order valence-electron chi connectivity index (χ0n) is 11.2. The first-order chi connectivity index (χ1) is 8.86. The molecule has 0 radical (unpaired) electrons. The fraction of sp³-hybridized carbons (Fsp3) is 0.615. The van der Waals surface area contributed by atoms with E-state index >= 15 is 0 Å². The SMILES string of the molecule is CCNC(=NCCCSC)NCCc1ccco1. The molecule has 18 heavy (non-hydrogen) atoms. The van der Waals surface area contributed by atoms with Crippen molar-refractivity contribution in [2.24, 2.45) is 4.99 Å². The summed E-state index contributed by atoms with van der Waals surface area (Å²) in [4.78, 5) is 4.52. The normalized spacial score (nSPS) is 11.6. The standard InChI is InChI=1S/C13H23N3OS/c1-3-14-13(15-8-5-11-18-2)16-9-7-12-6-4-10-17-12/h4,6,10H,3,5,7-9,11H2,1-2H3,(H2,14,15,16). The molecule has 0 saturated heterocycles. The van der Waals surface area contributed by atoms with Crippen molar-refractivity contribution in [1.29, 1.82) is 0 Å². The molecule has 1 aromatic heterocycles. The lowest BCUT2D eigenvalue weighted by Crippen LogP contribution is -2.38. The van der Waals surface area contributed by atoms with E-state index in [-0.39, 0.29) is 0 Å². The van der Waals surface area contributed by atoms with Gasteiger partial charge in [0.05, 0.1) is 6.26 Å². The Labute approximate surface area is 114 Å². The van der Waals surface area contributed by atoms with Gasteiger partial charge in [0.1, 0.15) is 5.76 Å². The van der Waals surface area contributed by atoms with E-state index in [0.717, 1.165) is 49.9 Å². The van der Waals surface area contributed by atoms with E-state index in [0.29, 0.717) is 0 Å². The van der Waals surface area contributed by atoms with E-state index in [4.69, 9.17) is 4.42 Å². The highest BCUT2D eigenvalue weighted by Gasteiger charge is 1.98. The third-order valence-corrected chi connectivity index (χ3v) is 3.06. The average Bonchev–Trinajstić information content (AvgIpc) is 2.87. The van der Waals surface area contributed by atoms with Crippen LogP contribution in [0.25, 0.3) is 0 Å². The van der Waals surface area contributed by atoms with Gasteiger partial charge in [-0.1, -0.05) is 0 Å². The van der Waals surface area contributed by atoms with Gasteiger partial charge in [0.25, 0.3) is 0 Å². The highest BCUT2D eigenvalue weighted by molar-refractivity contribution is 7.98. The van der Waals surface area contributed by atoms with Crippen molar-refractivity contribution in [3.8, 4) is 0 Å². The van der Waals surface area contributed by atoms with Gasteiger partial charge in [0.2, 0.25) is 0 Å². The number of furan rings is 1. The monoisotopic (exact) mass is 269 g/mol. The second kappa shape index (κ2) is 9.88. The van der Waals surface area contributed by atoms with E-state index in [1.54, 1.807) is 6.26 Å². The molecule has 0 aliphatic heterocycles. The van der Waals surface area contributed by atoms with Crippen LogP contribution >= 0.6 is 11.8 Å². The van der Waals surface area contributed by atoms with Crippen LogP contribution < -0.4 is 10.6 Å². The van der Waals surface area contributed by atoms with Crippen LogP contribution in [0.2, 0.25) is 0 Å². The van der Waals surface area contributed by atoms with Crippen molar-refractivity contribution >= 4 is 17.7 Å². The lowest BCUT2D eigenvalue weighted by atomic mass is 10.3. The van der Waals surface area contributed by atoms with Crippen molar-refractivity contribution in [2.45, 2.75) is 19.8 Å². The summed E-state index contributed by atoms with van der Waals surface area (Å²) in [6.45, 7) is 4.67. The van der Waals surface area contributed by atoms with Crippen molar-refractivity contribution in [3.63, 3.8) is 0 Å². The number of hydrogen-bond acceptors (Lipinski definition) is 3. The predicted molar refractivity (Wildman–Crippen MR) is 79.4 cm³/mol. The van der Waals surface area contributed by atoms with Gasteiger partial charge in [-0.05, 0) is 37.5 Å². The molecule has 0 fully saturated rings. The van der Waals surface area contributed by atoms with Crippen LogP contribution in [0.5, 0.6) is 0 Å². The van der Waals surface area contributed by atoms with Crippen LogP contribution in [0.1, 0.15) is 19.1 Å². The van der Waals surface area contributed by atoms with Gasteiger partial charge in [0.15, 0.2) is 5.96 Å². The Bertz CT molecular complexity index is 325. The molecule has 0 amide bonds. The summed E-state index contributed by atoms with van der Waals surface area (Å²) in [5.41, 5.74) is 0. The molecule has 2 N–H and O–H groups in total. The summed E-state index contributed by atoms with van der Waals surface area (Å²) in [5.74, 6) is 3.06. The molecule has 0 aliphatic carbocycles. The van der Waals surface area contributed by atoms with E-state index in [1.807, 2.05) is 23.9 Å². The number of thioether (sulfide) groups is 1. The molecule has 0 spiro atoms. The summed E-state index contributed by atoms with van der Waals surface area (Å²) >= 11 is 1.86. The Morgan fingerprint density at radius 2 is 2.33 bits per heavy atom. The first kappa shape index (κ1) is 15.0. The summed E-state index contributed by atoms with van der Waals surface area (Å²) in [6.07, 6.45) is 5.83. The number of hydrogen-bond donors (Lipinski definition) is 2. The minimum absolute atomic E-state index is 0.835. The average molecular weight is 269 g/mol. The zero-order chi connectivity index (χ0) is 13.1. The van der Waals surface area contributed by atoms with Gasteiger partial charge in [0, 0.05) is 26.1 Å². The molecule has 0 unspecified atom stereocenters. The first-order valence-corrected chi connectivity index (χ1v) is 7.79. The van der Waals surface area contributed by atoms with Crippen molar-refractivity contribution in [2.75, 3.05) is 31.6 Å². The van der Waals surface area contributed by atoms with Crippen LogP contribution in [0.4, 0.5) is 0 Å². The number of nitrogens with zero attached hydrogens (tertiary/aromatic N) is 1. The van der Waals surface area contributed by atoms with Crippen LogP contribution in [0.15, 0.2) is 27.8 Å². The third-order valence-electron chi connectivity index (χ3n) is 2.36. The Hall–Kier alpha value is -1.10. The second-order valence-electron chi connectivity index (χ2n) is 3.86. The predicted octanol–water partition coefficient (Wildman–Crippen LogP) is 2.13. The third kappa shape index (κ3) is 6.59. The summed E-state index contributed by atoms with van der Waals surface area (Å²) < 4.78 is 5.29. The molecule has 0 aromatic carbocycles. The highest BCUT2D eigenvalue weighted by atomic mass is 32.2. The van der Waals surface area contributed by atoms with Crippen LogP contribution in [0, 0.1) is 0 Å². The molecule has 5 heteroatoms. The lowest BCUT2D eigenvalue weighted by Gasteiger charge is -2.10. The van der Waals surface area contributed by atoms with E-state index < -0.39 is 0 Å². The Balaban J connectivity index is 2.23.